The smallest absolute Gasteiger partial charge is 0.148 e. The molecule has 1 aromatic rings. The van der Waals surface area contributed by atoms with Gasteiger partial charge in [-0.2, -0.15) is 0 Å². The highest BCUT2D eigenvalue weighted by molar-refractivity contribution is 7.92. The SMILES string of the molecule is Cc1cc(C)cc(C(N)CS(=O)CCS(C)(=O)=O)c1. The minimum Gasteiger partial charge on any atom is -0.323 e. The maximum absolute atomic E-state index is 11.8. The Kier molecular flexibility index (Phi) is 5.70. The summed E-state index contributed by atoms with van der Waals surface area (Å²) in [5.41, 5.74) is 9.22. The molecule has 0 aliphatic rings. The van der Waals surface area contributed by atoms with Crippen LogP contribution in [0.5, 0.6) is 0 Å². The van der Waals surface area contributed by atoms with Crippen LogP contribution in [0, 0.1) is 13.8 Å². The van der Waals surface area contributed by atoms with Crippen LogP contribution in [0.1, 0.15) is 22.7 Å². The van der Waals surface area contributed by atoms with Gasteiger partial charge in [0.05, 0.1) is 5.75 Å². The van der Waals surface area contributed by atoms with Gasteiger partial charge in [-0.25, -0.2) is 8.42 Å². The first-order chi connectivity index (χ1) is 8.67. The van der Waals surface area contributed by atoms with Crippen molar-refractivity contribution >= 4 is 20.6 Å². The molecule has 0 aromatic heterocycles. The summed E-state index contributed by atoms with van der Waals surface area (Å²) in [4.78, 5) is 0. The maximum atomic E-state index is 11.8. The van der Waals surface area contributed by atoms with Gasteiger partial charge in [0.25, 0.3) is 0 Å². The first-order valence-electron chi connectivity index (χ1n) is 6.04. The van der Waals surface area contributed by atoms with Gasteiger partial charge in [-0.3, -0.25) is 4.21 Å². The van der Waals surface area contributed by atoms with Crippen molar-refractivity contribution in [1.82, 2.24) is 0 Å². The van der Waals surface area contributed by atoms with Gasteiger partial charge >= 0.3 is 0 Å². The predicted molar refractivity (Wildman–Crippen MR) is 80.4 cm³/mol. The van der Waals surface area contributed by atoms with E-state index < -0.39 is 20.6 Å². The molecule has 2 N–H and O–H groups in total. The van der Waals surface area contributed by atoms with Gasteiger partial charge in [0.2, 0.25) is 0 Å². The Balaban J connectivity index is 2.64. The van der Waals surface area contributed by atoms with E-state index in [-0.39, 0.29) is 17.5 Å². The highest BCUT2D eigenvalue weighted by Crippen LogP contribution is 2.16. The van der Waals surface area contributed by atoms with Gasteiger partial charge in [-0.05, 0) is 19.4 Å². The molecular formula is C13H21NO3S2. The lowest BCUT2D eigenvalue weighted by Gasteiger charge is -2.13. The summed E-state index contributed by atoms with van der Waals surface area (Å²) in [7, 11) is -4.28. The molecule has 4 nitrogen and oxygen atoms in total. The fraction of sp³-hybridized carbons (Fsp3) is 0.538. The van der Waals surface area contributed by atoms with Crippen LogP contribution in [-0.4, -0.2) is 36.1 Å². The Bertz CT molecular complexity index is 547. The summed E-state index contributed by atoms with van der Waals surface area (Å²) in [6.45, 7) is 3.98. The molecule has 0 heterocycles. The van der Waals surface area contributed by atoms with E-state index in [9.17, 15) is 12.6 Å². The molecule has 0 aliphatic carbocycles. The van der Waals surface area contributed by atoms with E-state index in [2.05, 4.69) is 6.07 Å². The normalized spacial score (nSPS) is 15.2. The minimum atomic E-state index is -3.07. The van der Waals surface area contributed by atoms with Gasteiger partial charge < -0.3 is 5.73 Å². The molecule has 2 unspecified atom stereocenters. The minimum absolute atomic E-state index is 0.0564. The molecule has 108 valence electrons. The zero-order chi connectivity index (χ0) is 14.6. The Morgan fingerprint density at radius 1 is 1.21 bits per heavy atom. The molecule has 0 amide bonds. The number of sulfone groups is 1. The molecule has 0 saturated carbocycles. The molecule has 0 spiro atoms. The second-order valence-corrected chi connectivity index (χ2v) is 8.85. The van der Waals surface area contributed by atoms with Crippen molar-refractivity contribution in [2.24, 2.45) is 5.73 Å². The Hall–Kier alpha value is -0.720. The standard InChI is InChI=1S/C13H21NO3S2/c1-10-6-11(2)8-12(7-10)13(14)9-18(15)4-5-19(3,16)17/h6-8,13H,4-5,9,14H2,1-3H3. The third-order valence-corrected chi connectivity index (χ3v) is 5.31. The molecular weight excluding hydrogens is 282 g/mol. The Labute approximate surface area is 117 Å². The lowest BCUT2D eigenvalue weighted by atomic mass is 10.0. The van der Waals surface area contributed by atoms with Crippen molar-refractivity contribution in [3.8, 4) is 0 Å². The number of hydrogen-bond acceptors (Lipinski definition) is 4. The van der Waals surface area contributed by atoms with Gasteiger partial charge in [-0.15, -0.1) is 0 Å². The van der Waals surface area contributed by atoms with Crippen molar-refractivity contribution in [3.63, 3.8) is 0 Å². The highest BCUT2D eigenvalue weighted by Gasteiger charge is 2.13. The lowest BCUT2D eigenvalue weighted by molar-refractivity contribution is 0.602. The monoisotopic (exact) mass is 303 g/mol. The number of nitrogens with two attached hydrogens (primary N) is 1. The topological polar surface area (TPSA) is 77.2 Å². The van der Waals surface area contributed by atoms with Gasteiger partial charge in [0.1, 0.15) is 9.84 Å². The van der Waals surface area contributed by atoms with E-state index in [1.807, 2.05) is 26.0 Å². The molecule has 19 heavy (non-hydrogen) atoms. The largest absolute Gasteiger partial charge is 0.323 e. The Morgan fingerprint density at radius 2 is 1.74 bits per heavy atom. The van der Waals surface area contributed by atoms with Gasteiger partial charge in [0.15, 0.2) is 0 Å². The third-order valence-electron chi connectivity index (χ3n) is 2.72. The fourth-order valence-corrected chi connectivity index (χ4v) is 4.56. The zero-order valence-electron chi connectivity index (χ0n) is 11.5. The van der Waals surface area contributed by atoms with Crippen LogP contribution >= 0.6 is 0 Å². The maximum Gasteiger partial charge on any atom is 0.148 e. The second kappa shape index (κ2) is 6.63. The van der Waals surface area contributed by atoms with Gasteiger partial charge in [0, 0.05) is 34.6 Å². The summed E-state index contributed by atoms with van der Waals surface area (Å²) in [5.74, 6) is 0.384. The van der Waals surface area contributed by atoms with E-state index in [1.54, 1.807) is 0 Å². The van der Waals surface area contributed by atoms with Crippen molar-refractivity contribution in [2.45, 2.75) is 19.9 Å². The van der Waals surface area contributed by atoms with Crippen LogP contribution in [0.2, 0.25) is 0 Å². The number of aryl methyl sites for hydroxylation is 2. The molecule has 0 fully saturated rings. The number of rotatable bonds is 6. The Morgan fingerprint density at radius 3 is 2.21 bits per heavy atom. The van der Waals surface area contributed by atoms with Crippen molar-refractivity contribution in [2.75, 3.05) is 23.5 Å². The van der Waals surface area contributed by atoms with Crippen molar-refractivity contribution < 1.29 is 12.6 Å². The fourth-order valence-electron chi connectivity index (χ4n) is 1.85. The predicted octanol–water partition coefficient (Wildman–Crippen LogP) is 1.10. The van der Waals surface area contributed by atoms with Crippen molar-refractivity contribution in [3.05, 3.63) is 34.9 Å². The molecule has 0 radical (unpaired) electrons. The van der Waals surface area contributed by atoms with E-state index >= 15 is 0 Å². The summed E-state index contributed by atoms with van der Waals surface area (Å²) >= 11 is 0. The summed E-state index contributed by atoms with van der Waals surface area (Å²) < 4.78 is 33.8. The first-order valence-corrected chi connectivity index (χ1v) is 9.59. The number of benzene rings is 1. The average Bonchev–Trinajstić information content (AvgIpc) is 2.24. The molecule has 0 aliphatic heterocycles. The van der Waals surface area contributed by atoms with Crippen LogP contribution in [0.3, 0.4) is 0 Å². The second-order valence-electron chi connectivity index (χ2n) is 4.97. The summed E-state index contributed by atoms with van der Waals surface area (Å²) in [6.07, 6.45) is 1.15. The first kappa shape index (κ1) is 16.3. The molecule has 1 rings (SSSR count). The van der Waals surface area contributed by atoms with Crippen LogP contribution in [-0.2, 0) is 20.6 Å². The van der Waals surface area contributed by atoms with Crippen LogP contribution in [0.15, 0.2) is 18.2 Å². The molecule has 2 atom stereocenters. The van der Waals surface area contributed by atoms with E-state index in [4.69, 9.17) is 5.73 Å². The molecule has 0 saturated heterocycles. The van der Waals surface area contributed by atoms with Gasteiger partial charge in [-0.1, -0.05) is 29.3 Å². The van der Waals surface area contributed by atoms with E-state index in [0.29, 0.717) is 5.75 Å². The van der Waals surface area contributed by atoms with Crippen LogP contribution in [0.4, 0.5) is 0 Å². The lowest BCUT2D eigenvalue weighted by Crippen LogP contribution is -2.22. The summed E-state index contributed by atoms with van der Waals surface area (Å²) in [6, 6.07) is 5.69. The third kappa shape index (κ3) is 6.31. The van der Waals surface area contributed by atoms with Crippen LogP contribution < -0.4 is 5.73 Å². The number of hydrogen-bond donors (Lipinski definition) is 1. The summed E-state index contributed by atoms with van der Waals surface area (Å²) in [5, 5.41) is 0. The van der Waals surface area contributed by atoms with Crippen LogP contribution in [0.25, 0.3) is 0 Å². The highest BCUT2D eigenvalue weighted by atomic mass is 32.2. The average molecular weight is 303 g/mol. The molecule has 0 bridgehead atoms. The quantitative estimate of drug-likeness (QED) is 0.853. The van der Waals surface area contributed by atoms with E-state index in [1.165, 1.54) is 0 Å². The molecule has 1 aromatic carbocycles. The van der Waals surface area contributed by atoms with Crippen molar-refractivity contribution in [1.29, 1.82) is 0 Å². The molecule has 6 heteroatoms. The van der Waals surface area contributed by atoms with E-state index in [0.717, 1.165) is 22.9 Å². The zero-order valence-corrected chi connectivity index (χ0v) is 13.2.